The van der Waals surface area contributed by atoms with Crippen LogP contribution in [0.2, 0.25) is 0 Å². The molecule has 0 aliphatic heterocycles. The second-order valence-electron chi connectivity index (χ2n) is 5.11. The molecule has 1 fully saturated rings. The summed E-state index contributed by atoms with van der Waals surface area (Å²) in [4.78, 5) is 0.255. The van der Waals surface area contributed by atoms with E-state index < -0.39 is 10.0 Å². The summed E-state index contributed by atoms with van der Waals surface area (Å²) in [7, 11) is -3.46. The fraction of sp³-hybridized carbons (Fsp3) is 0.538. The molecule has 1 aromatic carbocycles. The van der Waals surface area contributed by atoms with E-state index in [2.05, 4.69) is 4.72 Å². The van der Waals surface area contributed by atoms with Gasteiger partial charge in [0.2, 0.25) is 10.0 Å². The lowest BCUT2D eigenvalue weighted by Crippen LogP contribution is -2.52. The Kier molecular flexibility index (Phi) is 3.38. The molecule has 0 unspecified atom stereocenters. The maximum absolute atomic E-state index is 12.3. The Morgan fingerprint density at radius 2 is 2.06 bits per heavy atom. The van der Waals surface area contributed by atoms with Gasteiger partial charge in [0.15, 0.2) is 0 Å². The molecule has 1 aliphatic carbocycles. The Morgan fingerprint density at radius 3 is 2.50 bits per heavy atom. The average molecular weight is 268 g/mol. The molecule has 0 saturated heterocycles. The molecular formula is C13H20N2O2S. The first-order valence-electron chi connectivity index (χ1n) is 6.29. The number of anilines is 1. The van der Waals surface area contributed by atoms with Crippen LogP contribution in [0.4, 0.5) is 5.69 Å². The molecule has 0 bridgehead atoms. The first-order valence-corrected chi connectivity index (χ1v) is 7.77. The summed E-state index contributed by atoms with van der Waals surface area (Å²) in [6, 6.07) is 4.87. The highest BCUT2D eigenvalue weighted by atomic mass is 32.2. The van der Waals surface area contributed by atoms with E-state index in [9.17, 15) is 8.42 Å². The van der Waals surface area contributed by atoms with Gasteiger partial charge in [0, 0.05) is 11.2 Å². The van der Waals surface area contributed by atoms with Crippen LogP contribution in [-0.4, -0.2) is 14.0 Å². The van der Waals surface area contributed by atoms with Crippen molar-refractivity contribution in [3.05, 3.63) is 23.8 Å². The molecule has 3 N–H and O–H groups in total. The highest BCUT2D eigenvalue weighted by Crippen LogP contribution is 2.36. The fourth-order valence-corrected chi connectivity index (χ4v) is 3.83. The second kappa shape index (κ2) is 4.55. The SMILES string of the molecule is CCC1(NS(=O)(=O)c2ccc(C)c(N)c2)CCC1. The van der Waals surface area contributed by atoms with E-state index in [1.54, 1.807) is 12.1 Å². The molecule has 0 aromatic heterocycles. The summed E-state index contributed by atoms with van der Waals surface area (Å²) < 4.78 is 27.4. The molecular weight excluding hydrogens is 248 g/mol. The lowest BCUT2D eigenvalue weighted by molar-refractivity contribution is 0.214. The minimum Gasteiger partial charge on any atom is -0.398 e. The zero-order valence-corrected chi connectivity index (χ0v) is 11.7. The van der Waals surface area contributed by atoms with Crippen molar-refractivity contribution in [3.63, 3.8) is 0 Å². The van der Waals surface area contributed by atoms with Gasteiger partial charge in [-0.3, -0.25) is 0 Å². The number of nitrogens with two attached hydrogens (primary N) is 1. The van der Waals surface area contributed by atoms with Crippen molar-refractivity contribution in [1.29, 1.82) is 0 Å². The van der Waals surface area contributed by atoms with Gasteiger partial charge in [-0.2, -0.15) is 0 Å². The molecule has 5 heteroatoms. The van der Waals surface area contributed by atoms with Crippen molar-refractivity contribution >= 4 is 15.7 Å². The van der Waals surface area contributed by atoms with Gasteiger partial charge < -0.3 is 5.73 Å². The molecule has 1 aliphatic rings. The van der Waals surface area contributed by atoms with Crippen molar-refractivity contribution in [3.8, 4) is 0 Å². The standard InChI is InChI=1S/C13H20N2O2S/c1-3-13(7-4-8-13)15-18(16,17)11-6-5-10(2)12(14)9-11/h5-6,9,15H,3-4,7-8,14H2,1-2H3. The Morgan fingerprint density at radius 1 is 1.39 bits per heavy atom. The number of hydrogen-bond acceptors (Lipinski definition) is 3. The molecule has 0 atom stereocenters. The molecule has 1 aromatic rings. The summed E-state index contributed by atoms with van der Waals surface area (Å²) in [5.41, 5.74) is 6.93. The molecule has 4 nitrogen and oxygen atoms in total. The third-order valence-corrected chi connectivity index (χ3v) is 5.48. The molecule has 1 saturated carbocycles. The molecule has 100 valence electrons. The quantitative estimate of drug-likeness (QED) is 0.822. The Labute approximate surface area is 109 Å². The number of hydrogen-bond donors (Lipinski definition) is 2. The van der Waals surface area contributed by atoms with E-state index in [0.717, 1.165) is 31.2 Å². The molecule has 0 spiro atoms. The number of nitrogen functional groups attached to an aromatic ring is 1. The maximum atomic E-state index is 12.3. The highest BCUT2D eigenvalue weighted by Gasteiger charge is 2.39. The number of benzene rings is 1. The topological polar surface area (TPSA) is 72.2 Å². The van der Waals surface area contributed by atoms with E-state index in [4.69, 9.17) is 5.73 Å². The Balaban J connectivity index is 2.28. The highest BCUT2D eigenvalue weighted by molar-refractivity contribution is 7.89. The predicted molar refractivity (Wildman–Crippen MR) is 72.8 cm³/mol. The van der Waals surface area contributed by atoms with Crippen molar-refractivity contribution in [2.24, 2.45) is 0 Å². The largest absolute Gasteiger partial charge is 0.398 e. The normalized spacial score (nSPS) is 18.3. The maximum Gasteiger partial charge on any atom is 0.241 e. The molecule has 0 amide bonds. The monoisotopic (exact) mass is 268 g/mol. The minimum absolute atomic E-state index is 0.238. The molecule has 0 radical (unpaired) electrons. The van der Waals surface area contributed by atoms with E-state index >= 15 is 0 Å². The van der Waals surface area contributed by atoms with Gasteiger partial charge in [0.25, 0.3) is 0 Å². The van der Waals surface area contributed by atoms with Gasteiger partial charge in [-0.25, -0.2) is 13.1 Å². The zero-order chi connectivity index (χ0) is 13.4. The van der Waals surface area contributed by atoms with Crippen LogP contribution in [0.5, 0.6) is 0 Å². The predicted octanol–water partition coefficient (Wildman–Crippen LogP) is 2.19. The first-order chi connectivity index (χ1) is 8.38. The van der Waals surface area contributed by atoms with Gasteiger partial charge in [0.05, 0.1) is 4.90 Å². The minimum atomic E-state index is -3.46. The van der Waals surface area contributed by atoms with Gasteiger partial charge in [0.1, 0.15) is 0 Å². The number of sulfonamides is 1. The van der Waals surface area contributed by atoms with E-state index in [1.165, 1.54) is 6.07 Å². The van der Waals surface area contributed by atoms with Crippen LogP contribution in [-0.2, 0) is 10.0 Å². The van der Waals surface area contributed by atoms with Crippen LogP contribution < -0.4 is 10.5 Å². The molecule has 0 heterocycles. The smallest absolute Gasteiger partial charge is 0.241 e. The van der Waals surface area contributed by atoms with Crippen LogP contribution in [0.3, 0.4) is 0 Å². The van der Waals surface area contributed by atoms with Gasteiger partial charge >= 0.3 is 0 Å². The molecule has 2 rings (SSSR count). The average Bonchev–Trinajstić information content (AvgIpc) is 2.27. The third-order valence-electron chi connectivity index (χ3n) is 3.90. The fourth-order valence-electron chi connectivity index (χ4n) is 2.26. The number of nitrogens with one attached hydrogen (secondary N) is 1. The Hall–Kier alpha value is -1.07. The van der Waals surface area contributed by atoms with Gasteiger partial charge in [-0.1, -0.05) is 13.0 Å². The lowest BCUT2D eigenvalue weighted by atomic mass is 9.76. The summed E-state index contributed by atoms with van der Waals surface area (Å²) in [6.45, 7) is 3.88. The number of rotatable bonds is 4. The van der Waals surface area contributed by atoms with Gasteiger partial charge in [-0.15, -0.1) is 0 Å². The van der Waals surface area contributed by atoms with Crippen LogP contribution in [0, 0.1) is 6.92 Å². The van der Waals surface area contributed by atoms with E-state index in [-0.39, 0.29) is 10.4 Å². The van der Waals surface area contributed by atoms with Crippen molar-refractivity contribution in [2.75, 3.05) is 5.73 Å². The summed E-state index contributed by atoms with van der Waals surface area (Å²) >= 11 is 0. The van der Waals surface area contributed by atoms with Crippen molar-refractivity contribution < 1.29 is 8.42 Å². The van der Waals surface area contributed by atoms with E-state index in [0.29, 0.717) is 5.69 Å². The number of aryl methyl sites for hydroxylation is 1. The summed E-state index contributed by atoms with van der Waals surface area (Å²) in [6.07, 6.45) is 3.76. The van der Waals surface area contributed by atoms with Crippen LogP contribution in [0.15, 0.2) is 23.1 Å². The van der Waals surface area contributed by atoms with Crippen molar-refractivity contribution in [2.45, 2.75) is 50.0 Å². The third kappa shape index (κ3) is 2.37. The zero-order valence-electron chi connectivity index (χ0n) is 10.9. The van der Waals surface area contributed by atoms with Gasteiger partial charge in [-0.05, 0) is 50.3 Å². The lowest BCUT2D eigenvalue weighted by Gasteiger charge is -2.41. The first kappa shape index (κ1) is 13.4. The second-order valence-corrected chi connectivity index (χ2v) is 6.79. The summed E-state index contributed by atoms with van der Waals surface area (Å²) in [5.74, 6) is 0. The van der Waals surface area contributed by atoms with E-state index in [1.807, 2.05) is 13.8 Å². The summed E-state index contributed by atoms with van der Waals surface area (Å²) in [5, 5.41) is 0. The van der Waals surface area contributed by atoms with Crippen LogP contribution in [0.25, 0.3) is 0 Å². The molecule has 18 heavy (non-hydrogen) atoms. The Bertz CT molecular complexity index is 543. The van der Waals surface area contributed by atoms with Crippen LogP contribution in [0.1, 0.15) is 38.2 Å². The van der Waals surface area contributed by atoms with Crippen LogP contribution >= 0.6 is 0 Å². The van der Waals surface area contributed by atoms with Crippen molar-refractivity contribution in [1.82, 2.24) is 4.72 Å².